The Morgan fingerprint density at radius 3 is 2.76 bits per heavy atom. The molecule has 0 aliphatic carbocycles. The van der Waals surface area contributed by atoms with E-state index in [1.807, 2.05) is 0 Å². The smallest absolute Gasteiger partial charge is 0.316 e. The lowest BCUT2D eigenvalue weighted by molar-refractivity contribution is -0.140. The van der Waals surface area contributed by atoms with Crippen molar-refractivity contribution in [2.75, 3.05) is 0 Å². The van der Waals surface area contributed by atoms with Crippen molar-refractivity contribution in [3.05, 3.63) is 29.9 Å². The molecule has 1 aromatic carbocycles. The van der Waals surface area contributed by atoms with Crippen LogP contribution in [0.1, 0.15) is 25.7 Å². The van der Waals surface area contributed by atoms with Crippen molar-refractivity contribution < 1.29 is 18.7 Å². The van der Waals surface area contributed by atoms with Gasteiger partial charge >= 0.3 is 5.97 Å². The van der Waals surface area contributed by atoms with Crippen LogP contribution in [-0.2, 0) is 4.79 Å². The molecule has 0 saturated carbocycles. The number of benzene rings is 1. The van der Waals surface area contributed by atoms with E-state index in [9.17, 15) is 9.18 Å². The lowest BCUT2D eigenvalue weighted by Crippen LogP contribution is -2.17. The zero-order chi connectivity index (χ0) is 12.6. The summed E-state index contributed by atoms with van der Waals surface area (Å²) in [4.78, 5) is 15.2. The molecule has 2 aromatic rings. The van der Waals surface area contributed by atoms with E-state index < -0.39 is 17.7 Å². The molecule has 0 spiro atoms. The van der Waals surface area contributed by atoms with Crippen LogP contribution in [-0.4, -0.2) is 16.1 Å². The van der Waals surface area contributed by atoms with Gasteiger partial charge in [0.2, 0.25) is 5.89 Å². The monoisotopic (exact) mass is 237 g/mol. The zero-order valence-corrected chi connectivity index (χ0v) is 9.48. The third-order valence-electron chi connectivity index (χ3n) is 2.57. The van der Waals surface area contributed by atoms with Crippen LogP contribution in [0.25, 0.3) is 11.1 Å². The van der Waals surface area contributed by atoms with Gasteiger partial charge in [-0.05, 0) is 18.1 Å². The van der Waals surface area contributed by atoms with Crippen molar-refractivity contribution in [3.63, 3.8) is 0 Å². The second-order valence-electron chi connectivity index (χ2n) is 4.22. The van der Waals surface area contributed by atoms with E-state index in [4.69, 9.17) is 9.52 Å². The molecule has 5 heteroatoms. The second-order valence-corrected chi connectivity index (χ2v) is 4.22. The zero-order valence-electron chi connectivity index (χ0n) is 9.48. The Hall–Kier alpha value is -1.91. The molecule has 2 rings (SSSR count). The van der Waals surface area contributed by atoms with Gasteiger partial charge in [0.15, 0.2) is 5.58 Å². The Bertz CT molecular complexity index is 562. The maximum absolute atomic E-state index is 13.0. The van der Waals surface area contributed by atoms with Gasteiger partial charge in [-0.3, -0.25) is 4.79 Å². The number of hydrogen-bond acceptors (Lipinski definition) is 3. The molecule has 4 nitrogen and oxygen atoms in total. The summed E-state index contributed by atoms with van der Waals surface area (Å²) in [6.45, 7) is 3.54. The molecule has 0 aliphatic heterocycles. The lowest BCUT2D eigenvalue weighted by atomic mass is 9.96. The van der Waals surface area contributed by atoms with Gasteiger partial charge in [0.1, 0.15) is 17.3 Å². The summed E-state index contributed by atoms with van der Waals surface area (Å²) in [5, 5.41) is 9.10. The summed E-state index contributed by atoms with van der Waals surface area (Å²) >= 11 is 0. The number of aromatic nitrogens is 1. The predicted octanol–water partition coefficient (Wildman–Crippen LogP) is 2.79. The number of carbonyl (C=O) groups is 1. The first-order valence-electron chi connectivity index (χ1n) is 5.28. The number of rotatable bonds is 3. The van der Waals surface area contributed by atoms with Gasteiger partial charge in [-0.15, -0.1) is 0 Å². The van der Waals surface area contributed by atoms with Crippen LogP contribution in [0.2, 0.25) is 0 Å². The molecular formula is C12H12FNO3. The van der Waals surface area contributed by atoms with Crippen LogP contribution >= 0.6 is 0 Å². The van der Waals surface area contributed by atoms with E-state index in [0.29, 0.717) is 5.52 Å². The largest absolute Gasteiger partial charge is 0.481 e. The minimum absolute atomic E-state index is 0.119. The fraction of sp³-hybridized carbons (Fsp3) is 0.333. The molecule has 17 heavy (non-hydrogen) atoms. The van der Waals surface area contributed by atoms with Crippen molar-refractivity contribution in [1.82, 2.24) is 4.98 Å². The molecule has 1 atom stereocenters. The number of halogens is 1. The average Bonchev–Trinajstić information content (AvgIpc) is 2.58. The Balaban J connectivity index is 2.51. The number of aliphatic carboxylic acids is 1. The molecule has 1 N–H and O–H groups in total. The van der Waals surface area contributed by atoms with Crippen LogP contribution in [0.15, 0.2) is 22.6 Å². The molecule has 0 aliphatic rings. The Labute approximate surface area is 97.1 Å². The number of hydrogen-bond donors (Lipinski definition) is 1. The third-order valence-corrected chi connectivity index (χ3v) is 2.57. The number of fused-ring (bicyclic) bond motifs is 1. The SMILES string of the molecule is CC(C)C(C(=O)O)c1nc2ccc(F)cc2o1. The van der Waals surface area contributed by atoms with Crippen molar-refractivity contribution in [2.24, 2.45) is 5.92 Å². The summed E-state index contributed by atoms with van der Waals surface area (Å²) in [5.41, 5.74) is 0.736. The Morgan fingerprint density at radius 2 is 2.18 bits per heavy atom. The van der Waals surface area contributed by atoms with Gasteiger partial charge in [0.05, 0.1) is 0 Å². The van der Waals surface area contributed by atoms with E-state index >= 15 is 0 Å². The molecular weight excluding hydrogens is 225 g/mol. The van der Waals surface area contributed by atoms with E-state index in [2.05, 4.69) is 4.98 Å². The molecule has 1 heterocycles. The molecule has 0 saturated heterocycles. The van der Waals surface area contributed by atoms with Crippen molar-refractivity contribution in [3.8, 4) is 0 Å². The highest BCUT2D eigenvalue weighted by atomic mass is 19.1. The number of nitrogens with zero attached hydrogens (tertiary/aromatic N) is 1. The Morgan fingerprint density at radius 1 is 1.47 bits per heavy atom. The summed E-state index contributed by atoms with van der Waals surface area (Å²) in [6.07, 6.45) is 0. The maximum Gasteiger partial charge on any atom is 0.316 e. The van der Waals surface area contributed by atoms with Crippen molar-refractivity contribution in [2.45, 2.75) is 19.8 Å². The molecule has 1 unspecified atom stereocenters. The number of carboxylic acids is 1. The van der Waals surface area contributed by atoms with Gasteiger partial charge in [0, 0.05) is 6.07 Å². The number of oxazole rings is 1. The molecule has 1 aromatic heterocycles. The maximum atomic E-state index is 13.0. The highest BCUT2D eigenvalue weighted by Crippen LogP contribution is 2.27. The summed E-state index contributed by atoms with van der Waals surface area (Å²) in [6, 6.07) is 3.93. The van der Waals surface area contributed by atoms with E-state index in [1.165, 1.54) is 18.2 Å². The Kier molecular flexibility index (Phi) is 2.83. The standard InChI is InChI=1S/C12H12FNO3/c1-6(2)10(12(15)16)11-14-8-4-3-7(13)5-9(8)17-11/h3-6,10H,1-2H3,(H,15,16). The number of carboxylic acid groups (broad SMARTS) is 1. The first kappa shape index (κ1) is 11.6. The summed E-state index contributed by atoms with van der Waals surface area (Å²) in [7, 11) is 0. The lowest BCUT2D eigenvalue weighted by Gasteiger charge is -2.11. The first-order valence-corrected chi connectivity index (χ1v) is 5.28. The minimum atomic E-state index is -0.993. The quantitative estimate of drug-likeness (QED) is 0.891. The van der Waals surface area contributed by atoms with E-state index in [-0.39, 0.29) is 17.4 Å². The molecule has 0 radical (unpaired) electrons. The topological polar surface area (TPSA) is 63.3 Å². The highest BCUT2D eigenvalue weighted by molar-refractivity contribution is 5.78. The van der Waals surface area contributed by atoms with Crippen molar-refractivity contribution in [1.29, 1.82) is 0 Å². The second kappa shape index (κ2) is 4.16. The fourth-order valence-corrected chi connectivity index (χ4v) is 1.73. The fourth-order valence-electron chi connectivity index (χ4n) is 1.73. The van der Waals surface area contributed by atoms with Gasteiger partial charge in [0.25, 0.3) is 0 Å². The van der Waals surface area contributed by atoms with Gasteiger partial charge < -0.3 is 9.52 Å². The van der Waals surface area contributed by atoms with Gasteiger partial charge in [-0.2, -0.15) is 0 Å². The van der Waals surface area contributed by atoms with Crippen molar-refractivity contribution >= 4 is 17.1 Å². The van der Waals surface area contributed by atoms with Crippen LogP contribution in [0.3, 0.4) is 0 Å². The third kappa shape index (κ3) is 2.13. The normalized spacial score (nSPS) is 13.2. The predicted molar refractivity (Wildman–Crippen MR) is 59.2 cm³/mol. The highest BCUT2D eigenvalue weighted by Gasteiger charge is 2.28. The van der Waals surface area contributed by atoms with Crippen LogP contribution in [0, 0.1) is 11.7 Å². The molecule has 0 fully saturated rings. The average molecular weight is 237 g/mol. The van der Waals surface area contributed by atoms with Crippen LogP contribution in [0.5, 0.6) is 0 Å². The van der Waals surface area contributed by atoms with Crippen LogP contribution < -0.4 is 0 Å². The van der Waals surface area contributed by atoms with E-state index in [0.717, 1.165) is 0 Å². The van der Waals surface area contributed by atoms with Crippen LogP contribution in [0.4, 0.5) is 4.39 Å². The van der Waals surface area contributed by atoms with Gasteiger partial charge in [-0.1, -0.05) is 13.8 Å². The minimum Gasteiger partial charge on any atom is -0.481 e. The van der Waals surface area contributed by atoms with Gasteiger partial charge in [-0.25, -0.2) is 9.37 Å². The van der Waals surface area contributed by atoms with E-state index in [1.54, 1.807) is 13.8 Å². The summed E-state index contributed by atoms with van der Waals surface area (Å²) < 4.78 is 18.3. The molecule has 0 amide bonds. The first-order chi connectivity index (χ1) is 7.99. The molecule has 90 valence electrons. The summed E-state index contributed by atoms with van der Waals surface area (Å²) in [5.74, 6) is -2.27. The molecule has 0 bridgehead atoms.